The third-order valence-electron chi connectivity index (χ3n) is 2.44. The third kappa shape index (κ3) is 1.99. The number of carbonyl (C=O) groups excluding carboxylic acids is 1. The molecule has 0 radical (unpaired) electrons. The number of aryl methyl sites for hydroxylation is 1. The highest BCUT2D eigenvalue weighted by Gasteiger charge is 2.17. The number of nitrogens with zero attached hydrogens (tertiary/aromatic N) is 1. The zero-order valence-electron chi connectivity index (χ0n) is 9.08. The molecule has 1 aromatic heterocycles. The number of fused-ring (bicyclic) bond motifs is 1. The Hall–Kier alpha value is -1.93. The van der Waals surface area contributed by atoms with E-state index in [-0.39, 0.29) is 18.3 Å². The van der Waals surface area contributed by atoms with Gasteiger partial charge in [-0.1, -0.05) is 6.07 Å². The van der Waals surface area contributed by atoms with Crippen molar-refractivity contribution in [3.8, 4) is 6.07 Å². The van der Waals surface area contributed by atoms with E-state index in [1.54, 1.807) is 19.1 Å². The lowest BCUT2D eigenvalue weighted by Gasteiger charge is -1.98. The number of hydrogen-bond donors (Lipinski definition) is 1. The van der Waals surface area contributed by atoms with Crippen LogP contribution >= 0.6 is 11.3 Å². The molecule has 0 saturated heterocycles. The lowest BCUT2D eigenvalue weighted by atomic mass is 10.1. The molecule has 1 N–H and O–H groups in total. The second-order valence-electron chi connectivity index (χ2n) is 3.51. The zero-order chi connectivity index (χ0) is 12.4. The summed E-state index contributed by atoms with van der Waals surface area (Å²) in [6, 6.07) is 6.60. The first-order valence-electron chi connectivity index (χ1n) is 4.98. The van der Waals surface area contributed by atoms with Gasteiger partial charge in [-0.2, -0.15) is 5.26 Å². The van der Waals surface area contributed by atoms with E-state index >= 15 is 0 Å². The van der Waals surface area contributed by atoms with Gasteiger partial charge >= 0.3 is 0 Å². The van der Waals surface area contributed by atoms with Gasteiger partial charge in [-0.3, -0.25) is 4.79 Å². The summed E-state index contributed by atoms with van der Waals surface area (Å²) in [5.74, 6) is -0.653. The molecule has 3 nitrogen and oxygen atoms in total. The average Bonchev–Trinajstić information content (AvgIpc) is 2.65. The van der Waals surface area contributed by atoms with Crippen LogP contribution in [0.25, 0.3) is 10.1 Å². The van der Waals surface area contributed by atoms with Crippen molar-refractivity contribution in [2.45, 2.75) is 6.92 Å². The molecule has 0 fully saturated rings. The van der Waals surface area contributed by atoms with E-state index in [0.717, 1.165) is 4.70 Å². The Morgan fingerprint density at radius 1 is 1.59 bits per heavy atom. The summed E-state index contributed by atoms with van der Waals surface area (Å²) in [6.45, 7) is 1.66. The van der Waals surface area contributed by atoms with Gasteiger partial charge in [0.05, 0.1) is 10.9 Å². The van der Waals surface area contributed by atoms with Crippen molar-refractivity contribution >= 4 is 27.3 Å². The van der Waals surface area contributed by atoms with E-state index < -0.39 is 0 Å². The fraction of sp³-hybridized carbons (Fsp3) is 0.167. The number of carbonyl (C=O) groups is 1. The molecule has 0 aliphatic rings. The van der Waals surface area contributed by atoms with Crippen molar-refractivity contribution in [3.05, 3.63) is 34.5 Å². The highest BCUT2D eigenvalue weighted by molar-refractivity contribution is 7.21. The lowest BCUT2D eigenvalue weighted by molar-refractivity contribution is 0.0962. The summed E-state index contributed by atoms with van der Waals surface area (Å²) in [5.41, 5.74) is 0.624. The smallest absolute Gasteiger partial charge is 0.262 e. The number of amides is 1. The topological polar surface area (TPSA) is 52.9 Å². The van der Waals surface area contributed by atoms with E-state index in [1.165, 1.54) is 17.4 Å². The molecule has 17 heavy (non-hydrogen) atoms. The van der Waals surface area contributed by atoms with Gasteiger partial charge in [-0.15, -0.1) is 11.3 Å². The van der Waals surface area contributed by atoms with E-state index in [1.807, 2.05) is 6.07 Å². The van der Waals surface area contributed by atoms with Crippen LogP contribution in [0.4, 0.5) is 4.39 Å². The standard InChI is InChI=1S/C12H9FN2OS/c1-7-10-8(13)3-2-4-9(10)17-11(7)12(16)15-6-5-14/h2-4H,6H2,1H3,(H,15,16). The second-order valence-corrected chi connectivity index (χ2v) is 4.56. The molecule has 86 valence electrons. The number of nitriles is 1. The van der Waals surface area contributed by atoms with Crippen LogP contribution in [-0.2, 0) is 0 Å². The monoisotopic (exact) mass is 248 g/mol. The van der Waals surface area contributed by atoms with Crippen LogP contribution < -0.4 is 5.32 Å². The van der Waals surface area contributed by atoms with Crippen LogP contribution in [0.1, 0.15) is 15.2 Å². The zero-order valence-corrected chi connectivity index (χ0v) is 9.90. The second kappa shape index (κ2) is 4.52. The SMILES string of the molecule is Cc1c(C(=O)NCC#N)sc2cccc(F)c12. The van der Waals surface area contributed by atoms with E-state index in [4.69, 9.17) is 5.26 Å². The van der Waals surface area contributed by atoms with Crippen LogP contribution in [0.2, 0.25) is 0 Å². The molecule has 0 aliphatic heterocycles. The van der Waals surface area contributed by atoms with Gasteiger partial charge in [-0.25, -0.2) is 4.39 Å². The lowest BCUT2D eigenvalue weighted by Crippen LogP contribution is -2.23. The van der Waals surface area contributed by atoms with Crippen molar-refractivity contribution in [3.63, 3.8) is 0 Å². The van der Waals surface area contributed by atoms with Gasteiger partial charge in [0.1, 0.15) is 12.4 Å². The van der Waals surface area contributed by atoms with Crippen molar-refractivity contribution in [1.29, 1.82) is 5.26 Å². The molecule has 5 heteroatoms. The summed E-state index contributed by atoms with van der Waals surface area (Å²) in [6.07, 6.45) is 0. The predicted molar refractivity (Wildman–Crippen MR) is 64.5 cm³/mol. The molecule has 1 amide bonds. The molecule has 0 unspecified atom stereocenters. The molecular weight excluding hydrogens is 239 g/mol. The number of halogens is 1. The van der Waals surface area contributed by atoms with Gasteiger partial charge in [0, 0.05) is 10.1 Å². The minimum absolute atomic E-state index is 0.0466. The molecule has 0 atom stereocenters. The minimum atomic E-state index is -0.329. The number of thiophene rings is 1. The van der Waals surface area contributed by atoms with Crippen molar-refractivity contribution in [1.82, 2.24) is 5.32 Å². The highest BCUT2D eigenvalue weighted by Crippen LogP contribution is 2.32. The first-order valence-corrected chi connectivity index (χ1v) is 5.79. The molecule has 1 aromatic carbocycles. The Kier molecular flexibility index (Phi) is 3.07. The molecule has 1 heterocycles. The number of benzene rings is 1. The average molecular weight is 248 g/mol. The minimum Gasteiger partial charge on any atom is -0.338 e. The van der Waals surface area contributed by atoms with Crippen molar-refractivity contribution in [2.75, 3.05) is 6.54 Å². The van der Waals surface area contributed by atoms with Gasteiger partial charge in [0.25, 0.3) is 5.91 Å². The van der Waals surface area contributed by atoms with Gasteiger partial charge in [0.15, 0.2) is 0 Å². The van der Waals surface area contributed by atoms with Crippen LogP contribution in [0, 0.1) is 24.1 Å². The normalized spacial score (nSPS) is 10.2. The number of hydrogen-bond acceptors (Lipinski definition) is 3. The maximum Gasteiger partial charge on any atom is 0.262 e. The fourth-order valence-corrected chi connectivity index (χ4v) is 2.81. The Morgan fingerprint density at radius 2 is 2.35 bits per heavy atom. The summed E-state index contributed by atoms with van der Waals surface area (Å²) in [7, 11) is 0. The van der Waals surface area contributed by atoms with Crippen molar-refractivity contribution in [2.24, 2.45) is 0 Å². The summed E-state index contributed by atoms with van der Waals surface area (Å²) >= 11 is 1.24. The molecule has 0 saturated carbocycles. The van der Waals surface area contributed by atoms with E-state index in [0.29, 0.717) is 15.8 Å². The molecule has 2 rings (SSSR count). The number of nitrogens with one attached hydrogen (secondary N) is 1. The van der Waals surface area contributed by atoms with Gasteiger partial charge in [-0.05, 0) is 24.6 Å². The van der Waals surface area contributed by atoms with E-state index in [9.17, 15) is 9.18 Å². The Morgan fingerprint density at radius 3 is 3.00 bits per heavy atom. The molecule has 2 aromatic rings. The Labute approximate surface area is 101 Å². The van der Waals surface area contributed by atoms with Crippen LogP contribution in [-0.4, -0.2) is 12.5 Å². The summed E-state index contributed by atoms with van der Waals surface area (Å²) in [5, 5.41) is 11.3. The summed E-state index contributed by atoms with van der Waals surface area (Å²) < 4.78 is 14.3. The van der Waals surface area contributed by atoms with Gasteiger partial charge in [0.2, 0.25) is 0 Å². The Balaban J connectivity index is 2.50. The first kappa shape index (κ1) is 11.6. The van der Waals surface area contributed by atoms with E-state index in [2.05, 4.69) is 5.32 Å². The van der Waals surface area contributed by atoms with Gasteiger partial charge < -0.3 is 5.32 Å². The molecule has 0 aliphatic carbocycles. The number of rotatable bonds is 2. The van der Waals surface area contributed by atoms with Crippen LogP contribution in [0.15, 0.2) is 18.2 Å². The summed E-state index contributed by atoms with van der Waals surface area (Å²) in [4.78, 5) is 12.2. The maximum atomic E-state index is 13.6. The van der Waals surface area contributed by atoms with Crippen LogP contribution in [0.5, 0.6) is 0 Å². The van der Waals surface area contributed by atoms with Crippen molar-refractivity contribution < 1.29 is 9.18 Å². The fourth-order valence-electron chi connectivity index (χ4n) is 1.67. The maximum absolute atomic E-state index is 13.6. The molecule has 0 spiro atoms. The Bertz CT molecular complexity index is 627. The quantitative estimate of drug-likeness (QED) is 0.830. The van der Waals surface area contributed by atoms with Crippen LogP contribution in [0.3, 0.4) is 0 Å². The first-order chi connectivity index (χ1) is 8.15. The molecular formula is C12H9FN2OS. The largest absolute Gasteiger partial charge is 0.338 e. The highest BCUT2D eigenvalue weighted by atomic mass is 32.1. The third-order valence-corrected chi connectivity index (χ3v) is 3.69. The molecule has 0 bridgehead atoms. The predicted octanol–water partition coefficient (Wildman–Crippen LogP) is 2.60.